The molecule has 0 atom stereocenters. The van der Waals surface area contributed by atoms with Crippen LogP contribution in [0.25, 0.3) is 10.6 Å². The van der Waals surface area contributed by atoms with E-state index >= 15 is 0 Å². The molecule has 5 nitrogen and oxygen atoms in total. The van der Waals surface area contributed by atoms with Crippen molar-refractivity contribution in [3.05, 3.63) is 41.4 Å². The van der Waals surface area contributed by atoms with Gasteiger partial charge < -0.3 is 15.0 Å². The first kappa shape index (κ1) is 20.6. The molecule has 142 valence electrons. The number of ether oxygens (including phenoxy) is 1. The molecular weight excluding hydrogens is 346 g/mol. The van der Waals surface area contributed by atoms with Crippen molar-refractivity contribution < 1.29 is 9.53 Å². The Kier molecular flexibility index (Phi) is 9.31. The zero-order chi connectivity index (χ0) is 18.6. The fraction of sp³-hybridized carbons (Fsp3) is 0.500. The van der Waals surface area contributed by atoms with Gasteiger partial charge in [-0.15, -0.1) is 11.3 Å². The first-order chi connectivity index (χ1) is 12.7. The number of carbonyl (C=O) groups is 1. The molecule has 0 aliphatic rings. The Morgan fingerprint density at radius 2 is 1.96 bits per heavy atom. The van der Waals surface area contributed by atoms with Crippen molar-refractivity contribution in [3.8, 4) is 10.6 Å². The van der Waals surface area contributed by atoms with Crippen molar-refractivity contribution in [1.29, 1.82) is 0 Å². The van der Waals surface area contributed by atoms with Crippen LogP contribution in [0.2, 0.25) is 0 Å². The van der Waals surface area contributed by atoms with Gasteiger partial charge in [-0.05, 0) is 19.5 Å². The van der Waals surface area contributed by atoms with Gasteiger partial charge in [0.15, 0.2) is 0 Å². The van der Waals surface area contributed by atoms with Crippen molar-refractivity contribution in [3.63, 3.8) is 0 Å². The average Bonchev–Trinajstić information content (AvgIpc) is 3.16. The Hall–Kier alpha value is -1.76. The smallest absolute Gasteiger partial charge is 0.220 e. The van der Waals surface area contributed by atoms with Gasteiger partial charge in [-0.3, -0.25) is 4.79 Å². The summed E-state index contributed by atoms with van der Waals surface area (Å²) in [5.41, 5.74) is 2.09. The summed E-state index contributed by atoms with van der Waals surface area (Å²) in [6.07, 6.45) is 1.12. The van der Waals surface area contributed by atoms with Gasteiger partial charge in [-0.1, -0.05) is 44.2 Å². The molecule has 0 spiro atoms. The predicted octanol–water partition coefficient (Wildman–Crippen LogP) is 3.22. The monoisotopic (exact) mass is 375 g/mol. The maximum Gasteiger partial charge on any atom is 0.220 e. The number of nitrogens with zero attached hydrogens (tertiary/aromatic N) is 2. The van der Waals surface area contributed by atoms with E-state index in [-0.39, 0.29) is 5.91 Å². The third-order valence-electron chi connectivity index (χ3n) is 4.20. The van der Waals surface area contributed by atoms with Crippen LogP contribution in [-0.4, -0.2) is 55.2 Å². The van der Waals surface area contributed by atoms with Gasteiger partial charge in [0.1, 0.15) is 5.01 Å². The fourth-order valence-corrected chi connectivity index (χ4v) is 3.42. The molecule has 0 aliphatic heterocycles. The number of carbonyl (C=O) groups excluding carboxylic acids is 1. The van der Waals surface area contributed by atoms with Crippen LogP contribution in [0.3, 0.4) is 0 Å². The van der Waals surface area contributed by atoms with Crippen LogP contribution in [0.1, 0.15) is 26.0 Å². The molecule has 1 aromatic heterocycles. The lowest BCUT2D eigenvalue weighted by Crippen LogP contribution is -2.30. The van der Waals surface area contributed by atoms with E-state index in [1.54, 1.807) is 11.3 Å². The summed E-state index contributed by atoms with van der Waals surface area (Å²) in [4.78, 5) is 18.9. The second-order valence-corrected chi connectivity index (χ2v) is 6.86. The molecule has 0 bridgehead atoms. The second kappa shape index (κ2) is 11.8. The van der Waals surface area contributed by atoms with E-state index in [9.17, 15) is 4.79 Å². The highest BCUT2D eigenvalue weighted by Gasteiger charge is 2.07. The lowest BCUT2D eigenvalue weighted by atomic mass is 10.2. The van der Waals surface area contributed by atoms with Crippen LogP contribution < -0.4 is 5.32 Å². The number of rotatable bonds is 12. The van der Waals surface area contributed by atoms with Crippen LogP contribution in [0.4, 0.5) is 0 Å². The molecule has 1 heterocycles. The molecular formula is C20H29N3O2S. The topological polar surface area (TPSA) is 54.5 Å². The summed E-state index contributed by atoms with van der Waals surface area (Å²) in [6, 6.07) is 10.1. The molecule has 0 unspecified atom stereocenters. The highest BCUT2D eigenvalue weighted by atomic mass is 32.1. The zero-order valence-electron chi connectivity index (χ0n) is 15.7. The van der Waals surface area contributed by atoms with E-state index in [1.807, 2.05) is 23.6 Å². The molecule has 0 fully saturated rings. The van der Waals surface area contributed by atoms with Gasteiger partial charge in [-0.25, -0.2) is 4.98 Å². The summed E-state index contributed by atoms with van der Waals surface area (Å²) in [6.45, 7) is 9.14. The van der Waals surface area contributed by atoms with Crippen LogP contribution in [0.15, 0.2) is 35.7 Å². The van der Waals surface area contributed by atoms with Crippen LogP contribution in [-0.2, 0) is 16.0 Å². The van der Waals surface area contributed by atoms with Gasteiger partial charge in [0, 0.05) is 30.5 Å². The molecule has 1 N–H and O–H groups in total. The fourth-order valence-electron chi connectivity index (χ4n) is 2.56. The number of nitrogens with one attached hydrogen (secondary N) is 1. The number of hydrogen-bond acceptors (Lipinski definition) is 5. The Morgan fingerprint density at radius 3 is 2.69 bits per heavy atom. The van der Waals surface area contributed by atoms with E-state index in [4.69, 9.17) is 4.74 Å². The van der Waals surface area contributed by atoms with Crippen molar-refractivity contribution in [2.24, 2.45) is 0 Å². The molecule has 6 heteroatoms. The van der Waals surface area contributed by atoms with Gasteiger partial charge in [0.05, 0.1) is 18.9 Å². The van der Waals surface area contributed by atoms with Gasteiger partial charge >= 0.3 is 0 Å². The number of aryl methyl sites for hydroxylation is 1. The lowest BCUT2D eigenvalue weighted by Gasteiger charge is -2.17. The van der Waals surface area contributed by atoms with Crippen LogP contribution in [0, 0.1) is 0 Å². The molecule has 2 rings (SSSR count). The van der Waals surface area contributed by atoms with E-state index in [2.05, 4.69) is 41.2 Å². The first-order valence-electron chi connectivity index (χ1n) is 9.29. The number of amides is 1. The SMILES string of the molecule is CCN(CC)CCOCCNC(=O)CCc1csc(-c2ccccc2)n1. The summed E-state index contributed by atoms with van der Waals surface area (Å²) in [7, 11) is 0. The molecule has 26 heavy (non-hydrogen) atoms. The van der Waals surface area contributed by atoms with Crippen molar-refractivity contribution >= 4 is 17.2 Å². The van der Waals surface area contributed by atoms with Gasteiger partial charge in [0.2, 0.25) is 5.91 Å². The summed E-state index contributed by atoms with van der Waals surface area (Å²) in [5, 5.41) is 5.94. The van der Waals surface area contributed by atoms with Gasteiger partial charge in [0.25, 0.3) is 0 Å². The number of hydrogen-bond donors (Lipinski definition) is 1. The number of benzene rings is 1. The summed E-state index contributed by atoms with van der Waals surface area (Å²) < 4.78 is 5.57. The Labute approximate surface area is 160 Å². The molecule has 0 radical (unpaired) electrons. The third-order valence-corrected chi connectivity index (χ3v) is 5.14. The normalized spacial score (nSPS) is 11.0. The number of thiazole rings is 1. The summed E-state index contributed by atoms with van der Waals surface area (Å²) >= 11 is 1.62. The zero-order valence-corrected chi connectivity index (χ0v) is 16.6. The second-order valence-electron chi connectivity index (χ2n) is 6.00. The maximum absolute atomic E-state index is 11.9. The summed E-state index contributed by atoms with van der Waals surface area (Å²) in [5.74, 6) is 0.0478. The highest BCUT2D eigenvalue weighted by molar-refractivity contribution is 7.13. The number of aromatic nitrogens is 1. The Balaban J connectivity index is 1.59. The molecule has 2 aromatic rings. The van der Waals surface area contributed by atoms with E-state index in [0.717, 1.165) is 35.9 Å². The predicted molar refractivity (Wildman–Crippen MR) is 107 cm³/mol. The van der Waals surface area contributed by atoms with Crippen molar-refractivity contribution in [2.75, 3.05) is 39.4 Å². The Morgan fingerprint density at radius 1 is 1.19 bits per heavy atom. The molecule has 1 aromatic carbocycles. The minimum Gasteiger partial charge on any atom is -0.378 e. The van der Waals surface area contributed by atoms with E-state index < -0.39 is 0 Å². The standard InChI is InChI=1S/C20H29N3O2S/c1-3-23(4-2)13-15-25-14-12-21-19(24)11-10-18-16-26-20(22-18)17-8-6-5-7-9-17/h5-9,16H,3-4,10-15H2,1-2H3,(H,21,24). The van der Waals surface area contributed by atoms with Crippen molar-refractivity contribution in [1.82, 2.24) is 15.2 Å². The average molecular weight is 376 g/mol. The molecule has 0 saturated heterocycles. The van der Waals surface area contributed by atoms with Crippen LogP contribution in [0.5, 0.6) is 0 Å². The van der Waals surface area contributed by atoms with E-state index in [0.29, 0.717) is 32.6 Å². The number of likely N-dealkylation sites (N-methyl/N-ethyl adjacent to an activating group) is 1. The quantitative estimate of drug-likeness (QED) is 0.579. The lowest BCUT2D eigenvalue weighted by molar-refractivity contribution is -0.121. The maximum atomic E-state index is 11.9. The third kappa shape index (κ3) is 7.23. The molecule has 1 amide bonds. The van der Waals surface area contributed by atoms with Crippen molar-refractivity contribution in [2.45, 2.75) is 26.7 Å². The Bertz CT molecular complexity index is 642. The highest BCUT2D eigenvalue weighted by Crippen LogP contribution is 2.23. The van der Waals surface area contributed by atoms with E-state index in [1.165, 1.54) is 0 Å². The molecule has 0 aliphatic carbocycles. The largest absolute Gasteiger partial charge is 0.378 e. The minimum absolute atomic E-state index is 0.0478. The minimum atomic E-state index is 0.0478. The van der Waals surface area contributed by atoms with Crippen LogP contribution >= 0.6 is 11.3 Å². The molecule has 0 saturated carbocycles. The van der Waals surface area contributed by atoms with Gasteiger partial charge in [-0.2, -0.15) is 0 Å². The first-order valence-corrected chi connectivity index (χ1v) is 10.2.